The molecule has 3 aromatic heterocycles. The SMILES string of the molecule is CN1CCCN(CCNc2nccc(-c3c(-c4ccccc4)nc4sccn34)n2)S1(=O)=O. The molecule has 1 saturated heterocycles. The summed E-state index contributed by atoms with van der Waals surface area (Å²) in [4.78, 5) is 14.7. The van der Waals surface area contributed by atoms with E-state index >= 15 is 0 Å². The van der Waals surface area contributed by atoms with Gasteiger partial charge in [-0.05, 0) is 12.5 Å². The van der Waals surface area contributed by atoms with Crippen LogP contribution < -0.4 is 5.32 Å². The molecular formula is C21H23N7O2S2. The summed E-state index contributed by atoms with van der Waals surface area (Å²) in [6.07, 6.45) is 4.51. The molecule has 0 saturated carbocycles. The van der Waals surface area contributed by atoms with E-state index < -0.39 is 10.2 Å². The van der Waals surface area contributed by atoms with Crippen LogP contribution in [0.3, 0.4) is 0 Å². The fraction of sp³-hybridized carbons (Fsp3) is 0.286. The van der Waals surface area contributed by atoms with Gasteiger partial charge in [-0.1, -0.05) is 30.3 Å². The molecule has 1 fully saturated rings. The second-order valence-corrected chi connectivity index (χ2v) is 10.4. The number of rotatable bonds is 6. The van der Waals surface area contributed by atoms with Gasteiger partial charge < -0.3 is 5.32 Å². The van der Waals surface area contributed by atoms with Crippen molar-refractivity contribution in [2.75, 3.05) is 38.5 Å². The summed E-state index contributed by atoms with van der Waals surface area (Å²) < 4.78 is 29.8. The van der Waals surface area contributed by atoms with Crippen LogP contribution >= 0.6 is 11.3 Å². The van der Waals surface area contributed by atoms with E-state index in [9.17, 15) is 8.42 Å². The number of nitrogens with one attached hydrogen (secondary N) is 1. The number of anilines is 1. The average Bonchev–Trinajstić information content (AvgIpc) is 3.39. The maximum Gasteiger partial charge on any atom is 0.281 e. The Morgan fingerprint density at radius 1 is 1.12 bits per heavy atom. The summed E-state index contributed by atoms with van der Waals surface area (Å²) >= 11 is 1.57. The van der Waals surface area contributed by atoms with Crippen LogP contribution in [0.25, 0.3) is 27.6 Å². The van der Waals surface area contributed by atoms with Crippen LogP contribution in [0.2, 0.25) is 0 Å². The molecule has 0 spiro atoms. The summed E-state index contributed by atoms with van der Waals surface area (Å²) in [6.45, 7) is 1.87. The van der Waals surface area contributed by atoms with Crippen molar-refractivity contribution in [1.82, 2.24) is 28.0 Å². The summed E-state index contributed by atoms with van der Waals surface area (Å²) in [6, 6.07) is 11.9. The Kier molecular flexibility index (Phi) is 5.64. The third-order valence-corrected chi connectivity index (χ3v) is 8.20. The van der Waals surface area contributed by atoms with Crippen molar-refractivity contribution >= 4 is 32.5 Å². The second-order valence-electron chi connectivity index (χ2n) is 7.50. The summed E-state index contributed by atoms with van der Waals surface area (Å²) in [5.74, 6) is 0.453. The Morgan fingerprint density at radius 2 is 1.97 bits per heavy atom. The van der Waals surface area contributed by atoms with Gasteiger partial charge in [0.1, 0.15) is 5.69 Å². The van der Waals surface area contributed by atoms with E-state index in [0.29, 0.717) is 32.1 Å². The first-order chi connectivity index (χ1) is 15.5. The Labute approximate surface area is 190 Å². The molecule has 0 aliphatic carbocycles. The predicted molar refractivity (Wildman–Crippen MR) is 126 cm³/mol. The average molecular weight is 470 g/mol. The molecule has 32 heavy (non-hydrogen) atoms. The minimum atomic E-state index is -3.38. The highest BCUT2D eigenvalue weighted by atomic mass is 32.2. The summed E-state index contributed by atoms with van der Waals surface area (Å²) in [5.41, 5.74) is 3.53. The molecule has 0 atom stereocenters. The van der Waals surface area contributed by atoms with Crippen molar-refractivity contribution in [1.29, 1.82) is 0 Å². The number of aromatic nitrogens is 4. The third kappa shape index (κ3) is 3.88. The number of thiazole rings is 1. The van der Waals surface area contributed by atoms with E-state index in [0.717, 1.165) is 34.0 Å². The number of hydrogen-bond donors (Lipinski definition) is 1. The molecule has 1 N–H and O–H groups in total. The highest BCUT2D eigenvalue weighted by Gasteiger charge is 2.30. The number of imidazole rings is 1. The first-order valence-corrected chi connectivity index (χ1v) is 12.6. The van der Waals surface area contributed by atoms with Gasteiger partial charge in [0.25, 0.3) is 10.2 Å². The lowest BCUT2D eigenvalue weighted by molar-refractivity contribution is 0.313. The van der Waals surface area contributed by atoms with Crippen molar-refractivity contribution in [3.8, 4) is 22.6 Å². The van der Waals surface area contributed by atoms with Gasteiger partial charge in [-0.2, -0.15) is 17.0 Å². The Balaban J connectivity index is 1.39. The fourth-order valence-electron chi connectivity index (χ4n) is 3.82. The van der Waals surface area contributed by atoms with Gasteiger partial charge in [0, 0.05) is 56.6 Å². The predicted octanol–water partition coefficient (Wildman–Crippen LogP) is 2.81. The van der Waals surface area contributed by atoms with Crippen LogP contribution in [0.15, 0.2) is 54.2 Å². The molecule has 4 aromatic rings. The van der Waals surface area contributed by atoms with Crippen molar-refractivity contribution < 1.29 is 8.42 Å². The molecule has 1 aliphatic rings. The van der Waals surface area contributed by atoms with E-state index in [1.54, 1.807) is 24.6 Å². The molecule has 0 unspecified atom stereocenters. The monoisotopic (exact) mass is 469 g/mol. The van der Waals surface area contributed by atoms with Crippen LogP contribution in [0.4, 0.5) is 5.95 Å². The van der Waals surface area contributed by atoms with E-state index in [4.69, 9.17) is 9.97 Å². The van der Waals surface area contributed by atoms with E-state index in [2.05, 4.69) is 10.3 Å². The van der Waals surface area contributed by atoms with Crippen molar-refractivity contribution in [3.05, 3.63) is 54.2 Å². The topological polar surface area (TPSA) is 95.7 Å². The van der Waals surface area contributed by atoms with Gasteiger partial charge in [0.05, 0.1) is 11.4 Å². The molecule has 0 radical (unpaired) electrons. The Hall–Kier alpha value is -2.86. The number of nitrogens with zero attached hydrogens (tertiary/aromatic N) is 6. The minimum absolute atomic E-state index is 0.358. The first-order valence-electron chi connectivity index (χ1n) is 10.3. The zero-order valence-electron chi connectivity index (χ0n) is 17.5. The second kappa shape index (κ2) is 8.58. The lowest BCUT2D eigenvalue weighted by Crippen LogP contribution is -2.49. The van der Waals surface area contributed by atoms with Gasteiger partial charge in [-0.25, -0.2) is 15.0 Å². The quantitative estimate of drug-likeness (QED) is 0.467. The zero-order valence-corrected chi connectivity index (χ0v) is 19.2. The van der Waals surface area contributed by atoms with Crippen LogP contribution in [-0.4, -0.2) is 69.6 Å². The maximum atomic E-state index is 12.4. The van der Waals surface area contributed by atoms with Crippen molar-refractivity contribution in [2.45, 2.75) is 6.42 Å². The summed E-state index contributed by atoms with van der Waals surface area (Å²) in [7, 11) is -1.77. The van der Waals surface area contributed by atoms with Crippen molar-refractivity contribution in [2.24, 2.45) is 0 Å². The smallest absolute Gasteiger partial charge is 0.281 e. The minimum Gasteiger partial charge on any atom is -0.353 e. The van der Waals surface area contributed by atoms with Gasteiger partial charge >= 0.3 is 0 Å². The molecule has 0 bridgehead atoms. The van der Waals surface area contributed by atoms with Crippen LogP contribution in [-0.2, 0) is 10.2 Å². The van der Waals surface area contributed by atoms with Crippen LogP contribution in [0, 0.1) is 0 Å². The van der Waals surface area contributed by atoms with E-state index in [1.807, 2.05) is 52.4 Å². The molecule has 1 aliphatic heterocycles. The standard InChI is InChI=1S/C21H23N7O2S2/c1-26-11-5-12-27(32(26,29)30)13-10-23-20-22-9-8-17(24-20)19-18(16-6-3-2-4-7-16)25-21-28(19)14-15-31-21/h2-4,6-9,14-15H,5,10-13H2,1H3,(H,22,23,24). The largest absolute Gasteiger partial charge is 0.353 e. The Bertz CT molecular complexity index is 1330. The van der Waals surface area contributed by atoms with Gasteiger partial charge in [-0.3, -0.25) is 4.40 Å². The Morgan fingerprint density at radius 3 is 2.81 bits per heavy atom. The number of benzene rings is 1. The normalized spacial score (nSPS) is 17.0. The van der Waals surface area contributed by atoms with Crippen LogP contribution in [0.5, 0.6) is 0 Å². The maximum absolute atomic E-state index is 12.4. The number of fused-ring (bicyclic) bond motifs is 1. The molecular weight excluding hydrogens is 446 g/mol. The molecule has 166 valence electrons. The highest BCUT2D eigenvalue weighted by molar-refractivity contribution is 7.86. The van der Waals surface area contributed by atoms with E-state index in [1.165, 1.54) is 8.61 Å². The lowest BCUT2D eigenvalue weighted by atomic mass is 10.1. The van der Waals surface area contributed by atoms with Gasteiger partial charge in [-0.15, -0.1) is 11.3 Å². The highest BCUT2D eigenvalue weighted by Crippen LogP contribution is 2.33. The molecule has 0 amide bonds. The first kappa shape index (κ1) is 21.0. The molecule has 4 heterocycles. The fourth-order valence-corrected chi connectivity index (χ4v) is 5.97. The van der Waals surface area contributed by atoms with Gasteiger partial charge in [0.2, 0.25) is 5.95 Å². The molecule has 11 heteroatoms. The molecule has 5 rings (SSSR count). The number of hydrogen-bond acceptors (Lipinski definition) is 7. The zero-order chi connectivity index (χ0) is 22.1. The lowest BCUT2D eigenvalue weighted by Gasteiger charge is -2.32. The van der Waals surface area contributed by atoms with Crippen molar-refractivity contribution in [3.63, 3.8) is 0 Å². The van der Waals surface area contributed by atoms with Crippen LogP contribution in [0.1, 0.15) is 6.42 Å². The summed E-state index contributed by atoms with van der Waals surface area (Å²) in [5, 5.41) is 5.17. The van der Waals surface area contributed by atoms with Gasteiger partial charge in [0.15, 0.2) is 4.96 Å². The molecule has 1 aromatic carbocycles. The molecule has 9 nitrogen and oxygen atoms in total. The van der Waals surface area contributed by atoms with E-state index in [-0.39, 0.29) is 0 Å². The third-order valence-electron chi connectivity index (χ3n) is 5.45.